The Morgan fingerprint density at radius 1 is 1.24 bits per heavy atom. The van der Waals surface area contributed by atoms with Crippen molar-refractivity contribution in [3.8, 4) is 0 Å². The number of Topliss-reactive ketones (excluding diaryl/α,β-unsaturated/α-hetero) is 1. The molecule has 0 bridgehead atoms. The van der Waals surface area contributed by atoms with Gasteiger partial charge >= 0.3 is 0 Å². The molecule has 1 heterocycles. The minimum atomic E-state index is 0.0579. The number of halogens is 1. The van der Waals surface area contributed by atoms with Crippen LogP contribution in [0.5, 0.6) is 0 Å². The molecule has 0 N–H and O–H groups in total. The van der Waals surface area contributed by atoms with Gasteiger partial charge in [-0.15, -0.1) is 0 Å². The monoisotopic (exact) mass is 304 g/mol. The van der Waals surface area contributed by atoms with Crippen LogP contribution in [0.4, 0.5) is 0 Å². The van der Waals surface area contributed by atoms with E-state index in [-0.39, 0.29) is 5.92 Å². The fourth-order valence-corrected chi connectivity index (χ4v) is 2.84. The first kappa shape index (κ1) is 14.3. The third-order valence-electron chi connectivity index (χ3n) is 3.89. The molecule has 1 atom stereocenters. The Morgan fingerprint density at radius 3 is 2.81 bits per heavy atom. The second-order valence-electron chi connectivity index (χ2n) is 5.52. The molecule has 3 rings (SSSR count). The first-order chi connectivity index (χ1) is 10.2. The topological polar surface area (TPSA) is 56.0 Å². The number of rotatable bonds is 4. The van der Waals surface area contributed by atoms with Crippen LogP contribution in [0.15, 0.2) is 28.8 Å². The molecule has 5 heteroatoms. The van der Waals surface area contributed by atoms with Gasteiger partial charge < -0.3 is 4.52 Å². The minimum absolute atomic E-state index is 0.0579. The molecule has 21 heavy (non-hydrogen) atoms. The van der Waals surface area contributed by atoms with Crippen LogP contribution in [-0.2, 0) is 17.6 Å². The van der Waals surface area contributed by atoms with Gasteiger partial charge in [-0.2, -0.15) is 4.98 Å². The molecule has 1 unspecified atom stereocenters. The van der Waals surface area contributed by atoms with Crippen LogP contribution in [0.1, 0.15) is 43.0 Å². The average Bonchev–Trinajstić information content (AvgIpc) is 2.91. The summed E-state index contributed by atoms with van der Waals surface area (Å²) < 4.78 is 5.27. The Kier molecular flexibility index (Phi) is 4.34. The normalized spacial score (nSPS) is 18.9. The number of carbonyl (C=O) groups is 1. The average molecular weight is 305 g/mol. The molecule has 0 saturated heterocycles. The lowest BCUT2D eigenvalue weighted by Gasteiger charge is -2.18. The lowest BCUT2D eigenvalue weighted by atomic mass is 9.86. The lowest BCUT2D eigenvalue weighted by Crippen LogP contribution is -2.21. The molecule has 1 aromatic heterocycles. The highest BCUT2D eigenvalue weighted by Gasteiger charge is 2.24. The third-order valence-corrected chi connectivity index (χ3v) is 4.14. The van der Waals surface area contributed by atoms with Gasteiger partial charge in [-0.05, 0) is 30.5 Å². The highest BCUT2D eigenvalue weighted by Crippen LogP contribution is 2.23. The summed E-state index contributed by atoms with van der Waals surface area (Å²) in [6, 6.07) is 7.59. The number of aromatic nitrogens is 2. The van der Waals surface area contributed by atoms with Gasteiger partial charge in [-0.1, -0.05) is 35.3 Å². The van der Waals surface area contributed by atoms with Crippen LogP contribution >= 0.6 is 11.6 Å². The van der Waals surface area contributed by atoms with Gasteiger partial charge in [-0.3, -0.25) is 4.79 Å². The Balaban J connectivity index is 1.63. The van der Waals surface area contributed by atoms with Crippen molar-refractivity contribution in [3.05, 3.63) is 46.6 Å². The maximum absolute atomic E-state index is 11.8. The lowest BCUT2D eigenvalue weighted by molar-refractivity contribution is -0.124. The van der Waals surface area contributed by atoms with E-state index in [9.17, 15) is 4.79 Å². The van der Waals surface area contributed by atoms with Crippen LogP contribution in [0.2, 0.25) is 5.02 Å². The molecule has 0 amide bonds. The summed E-state index contributed by atoms with van der Waals surface area (Å²) in [4.78, 5) is 16.2. The number of hydrogen-bond acceptors (Lipinski definition) is 4. The molecular formula is C16H17ClN2O2. The summed E-state index contributed by atoms with van der Waals surface area (Å²) in [7, 11) is 0. The summed E-state index contributed by atoms with van der Waals surface area (Å²) in [6.45, 7) is 0. The summed E-state index contributed by atoms with van der Waals surface area (Å²) in [6.07, 6.45) is 4.94. The number of ketones is 1. The van der Waals surface area contributed by atoms with E-state index in [4.69, 9.17) is 16.1 Å². The van der Waals surface area contributed by atoms with Crippen LogP contribution in [0.25, 0.3) is 0 Å². The largest absolute Gasteiger partial charge is 0.339 e. The van der Waals surface area contributed by atoms with Crippen molar-refractivity contribution in [2.24, 2.45) is 5.92 Å². The van der Waals surface area contributed by atoms with Crippen LogP contribution < -0.4 is 0 Å². The molecule has 110 valence electrons. The van der Waals surface area contributed by atoms with E-state index in [2.05, 4.69) is 10.1 Å². The quantitative estimate of drug-likeness (QED) is 0.865. The van der Waals surface area contributed by atoms with Crippen molar-refractivity contribution in [2.75, 3.05) is 0 Å². The molecule has 0 spiro atoms. The summed E-state index contributed by atoms with van der Waals surface area (Å²) >= 11 is 5.86. The molecule has 0 radical (unpaired) electrons. The first-order valence-corrected chi connectivity index (χ1v) is 7.67. The summed E-state index contributed by atoms with van der Waals surface area (Å²) in [5, 5.41) is 4.71. The van der Waals surface area contributed by atoms with E-state index in [1.54, 1.807) is 0 Å². The number of nitrogens with zero attached hydrogens (tertiary/aromatic N) is 2. The molecule has 1 fully saturated rings. The third kappa shape index (κ3) is 3.70. The minimum Gasteiger partial charge on any atom is -0.339 e. The maximum Gasteiger partial charge on any atom is 0.227 e. The van der Waals surface area contributed by atoms with Crippen molar-refractivity contribution in [1.29, 1.82) is 0 Å². The zero-order chi connectivity index (χ0) is 14.7. The second-order valence-corrected chi connectivity index (χ2v) is 5.96. The SMILES string of the molecule is O=C1CCCCC1Cc1nc(Cc2ccc(Cl)cc2)no1. The Morgan fingerprint density at radius 2 is 2.05 bits per heavy atom. The maximum atomic E-state index is 11.8. The molecular weight excluding hydrogens is 288 g/mol. The molecule has 4 nitrogen and oxygen atoms in total. The molecule has 1 aromatic carbocycles. The first-order valence-electron chi connectivity index (χ1n) is 7.29. The fourth-order valence-electron chi connectivity index (χ4n) is 2.71. The zero-order valence-electron chi connectivity index (χ0n) is 11.7. The van der Waals surface area contributed by atoms with Crippen molar-refractivity contribution in [1.82, 2.24) is 10.1 Å². The van der Waals surface area contributed by atoms with Gasteiger partial charge in [-0.25, -0.2) is 0 Å². The van der Waals surface area contributed by atoms with E-state index < -0.39 is 0 Å². The Hall–Kier alpha value is -1.68. The fraction of sp³-hybridized carbons (Fsp3) is 0.438. The number of hydrogen-bond donors (Lipinski definition) is 0. The van der Waals surface area contributed by atoms with Crippen molar-refractivity contribution >= 4 is 17.4 Å². The highest BCUT2D eigenvalue weighted by molar-refractivity contribution is 6.30. The van der Waals surface area contributed by atoms with Gasteiger partial charge in [0.25, 0.3) is 0 Å². The summed E-state index contributed by atoms with van der Waals surface area (Å²) in [5.74, 6) is 1.61. The molecule has 1 saturated carbocycles. The molecule has 1 aliphatic carbocycles. The Bertz CT molecular complexity index is 621. The molecule has 0 aliphatic heterocycles. The van der Waals surface area contributed by atoms with E-state index in [1.807, 2.05) is 24.3 Å². The predicted octanol–water partition coefficient (Wildman–Crippen LogP) is 3.62. The van der Waals surface area contributed by atoms with Crippen LogP contribution in [-0.4, -0.2) is 15.9 Å². The van der Waals surface area contributed by atoms with E-state index in [0.717, 1.165) is 24.8 Å². The number of carbonyl (C=O) groups excluding carboxylic acids is 1. The van der Waals surface area contributed by atoms with Gasteiger partial charge in [0.15, 0.2) is 5.82 Å². The van der Waals surface area contributed by atoms with E-state index in [1.165, 1.54) is 0 Å². The number of benzene rings is 1. The van der Waals surface area contributed by atoms with Crippen molar-refractivity contribution < 1.29 is 9.32 Å². The summed E-state index contributed by atoms with van der Waals surface area (Å²) in [5.41, 5.74) is 1.08. The smallest absolute Gasteiger partial charge is 0.227 e. The standard InChI is InChI=1S/C16H17ClN2O2/c17-13-7-5-11(6-8-13)9-15-18-16(21-19-15)10-12-3-1-2-4-14(12)20/h5-8,12H,1-4,9-10H2. The van der Waals surface area contributed by atoms with E-state index >= 15 is 0 Å². The van der Waals surface area contributed by atoms with Crippen LogP contribution in [0, 0.1) is 5.92 Å². The predicted molar refractivity (Wildman–Crippen MR) is 79.2 cm³/mol. The molecule has 2 aromatic rings. The van der Waals surface area contributed by atoms with Gasteiger partial charge in [0.2, 0.25) is 5.89 Å². The highest BCUT2D eigenvalue weighted by atomic mass is 35.5. The van der Waals surface area contributed by atoms with Gasteiger partial charge in [0.1, 0.15) is 5.78 Å². The molecule has 1 aliphatic rings. The van der Waals surface area contributed by atoms with Gasteiger partial charge in [0, 0.05) is 30.2 Å². The van der Waals surface area contributed by atoms with E-state index in [0.29, 0.717) is 41.8 Å². The Labute approximate surface area is 128 Å². The van der Waals surface area contributed by atoms with Crippen molar-refractivity contribution in [2.45, 2.75) is 38.5 Å². The van der Waals surface area contributed by atoms with Crippen molar-refractivity contribution in [3.63, 3.8) is 0 Å². The van der Waals surface area contributed by atoms with Crippen LogP contribution in [0.3, 0.4) is 0 Å². The van der Waals surface area contributed by atoms with Gasteiger partial charge in [0.05, 0.1) is 0 Å². The zero-order valence-corrected chi connectivity index (χ0v) is 12.5. The second kappa shape index (κ2) is 6.39.